The SMILES string of the molecule is CCC(C)c1ccc(C=Cc2cc(=O)oc3cc(OC)ccc23)cc1. The topological polar surface area (TPSA) is 39.4 Å². The van der Waals surface area contributed by atoms with Crippen molar-refractivity contribution in [1.82, 2.24) is 0 Å². The summed E-state index contributed by atoms with van der Waals surface area (Å²) in [6, 6.07) is 15.5. The number of ether oxygens (including phenoxy) is 1. The number of hydrogen-bond acceptors (Lipinski definition) is 3. The lowest BCUT2D eigenvalue weighted by atomic mass is 9.97. The van der Waals surface area contributed by atoms with Crippen LogP contribution in [0.2, 0.25) is 0 Å². The quantitative estimate of drug-likeness (QED) is 0.580. The maximum Gasteiger partial charge on any atom is 0.336 e. The Hall–Kier alpha value is -2.81. The Bertz CT molecular complexity index is 949. The van der Waals surface area contributed by atoms with E-state index in [0.29, 0.717) is 17.3 Å². The number of hydrogen-bond donors (Lipinski definition) is 0. The first-order valence-corrected chi connectivity index (χ1v) is 8.50. The maximum absolute atomic E-state index is 11.8. The van der Waals surface area contributed by atoms with Crippen LogP contribution < -0.4 is 10.4 Å². The Kier molecular flexibility index (Phi) is 5.03. The molecule has 0 spiro atoms. The Morgan fingerprint density at radius 2 is 1.84 bits per heavy atom. The van der Waals surface area contributed by atoms with Gasteiger partial charge in [-0.25, -0.2) is 4.79 Å². The van der Waals surface area contributed by atoms with Gasteiger partial charge in [0.1, 0.15) is 11.3 Å². The monoisotopic (exact) mass is 334 g/mol. The molecule has 0 aliphatic carbocycles. The van der Waals surface area contributed by atoms with Crippen molar-refractivity contribution in [1.29, 1.82) is 0 Å². The molecule has 0 amide bonds. The number of fused-ring (bicyclic) bond motifs is 1. The van der Waals surface area contributed by atoms with Gasteiger partial charge in [0, 0.05) is 17.5 Å². The van der Waals surface area contributed by atoms with Gasteiger partial charge in [-0.2, -0.15) is 0 Å². The summed E-state index contributed by atoms with van der Waals surface area (Å²) in [6.07, 6.45) is 5.09. The minimum Gasteiger partial charge on any atom is -0.497 e. The number of benzene rings is 2. The summed E-state index contributed by atoms with van der Waals surface area (Å²) < 4.78 is 10.5. The van der Waals surface area contributed by atoms with Gasteiger partial charge in [0.2, 0.25) is 0 Å². The van der Waals surface area contributed by atoms with Crippen LogP contribution in [0.15, 0.2) is 57.7 Å². The van der Waals surface area contributed by atoms with Gasteiger partial charge in [-0.3, -0.25) is 0 Å². The zero-order chi connectivity index (χ0) is 17.8. The Morgan fingerprint density at radius 3 is 2.52 bits per heavy atom. The fourth-order valence-corrected chi connectivity index (χ4v) is 2.79. The second-order valence-corrected chi connectivity index (χ2v) is 6.19. The summed E-state index contributed by atoms with van der Waals surface area (Å²) >= 11 is 0. The smallest absolute Gasteiger partial charge is 0.336 e. The van der Waals surface area contributed by atoms with Gasteiger partial charge in [0.05, 0.1) is 7.11 Å². The molecule has 3 rings (SSSR count). The largest absolute Gasteiger partial charge is 0.497 e. The third-order valence-corrected chi connectivity index (χ3v) is 4.56. The fraction of sp³-hybridized carbons (Fsp3) is 0.227. The molecule has 3 aromatic rings. The van der Waals surface area contributed by atoms with E-state index >= 15 is 0 Å². The predicted molar refractivity (Wildman–Crippen MR) is 103 cm³/mol. The molecule has 3 nitrogen and oxygen atoms in total. The van der Waals surface area contributed by atoms with E-state index in [4.69, 9.17) is 9.15 Å². The van der Waals surface area contributed by atoms with Crippen LogP contribution in [0.3, 0.4) is 0 Å². The summed E-state index contributed by atoms with van der Waals surface area (Å²) in [7, 11) is 1.59. The molecule has 0 saturated carbocycles. The first kappa shape index (κ1) is 17.0. The lowest BCUT2D eigenvalue weighted by Gasteiger charge is -2.08. The number of methoxy groups -OCH3 is 1. The number of rotatable bonds is 5. The molecule has 2 aromatic carbocycles. The summed E-state index contributed by atoms with van der Waals surface area (Å²) in [5.41, 5.74) is 3.44. The van der Waals surface area contributed by atoms with Crippen LogP contribution in [-0.4, -0.2) is 7.11 Å². The second-order valence-electron chi connectivity index (χ2n) is 6.19. The van der Waals surface area contributed by atoms with E-state index in [2.05, 4.69) is 38.1 Å². The highest BCUT2D eigenvalue weighted by Gasteiger charge is 2.05. The van der Waals surface area contributed by atoms with E-state index in [-0.39, 0.29) is 5.63 Å². The molecule has 1 heterocycles. The second kappa shape index (κ2) is 7.39. The van der Waals surface area contributed by atoms with Crippen LogP contribution in [0.25, 0.3) is 23.1 Å². The lowest BCUT2D eigenvalue weighted by molar-refractivity contribution is 0.414. The molecule has 0 N–H and O–H groups in total. The van der Waals surface area contributed by atoms with Gasteiger partial charge in [-0.15, -0.1) is 0 Å². The molecule has 0 aliphatic heterocycles. The van der Waals surface area contributed by atoms with Crippen molar-refractivity contribution in [3.05, 3.63) is 75.6 Å². The fourth-order valence-electron chi connectivity index (χ4n) is 2.79. The zero-order valence-electron chi connectivity index (χ0n) is 14.8. The van der Waals surface area contributed by atoms with E-state index in [0.717, 1.165) is 22.9 Å². The van der Waals surface area contributed by atoms with E-state index in [1.54, 1.807) is 13.2 Å². The molecule has 0 bridgehead atoms. The predicted octanol–water partition coefficient (Wildman–Crippen LogP) is 5.49. The summed E-state index contributed by atoms with van der Waals surface area (Å²) in [5.74, 6) is 1.23. The van der Waals surface area contributed by atoms with Gasteiger partial charge in [-0.1, -0.05) is 50.3 Å². The molecular weight excluding hydrogens is 312 g/mol. The van der Waals surface area contributed by atoms with Crippen molar-refractivity contribution in [3.8, 4) is 5.75 Å². The van der Waals surface area contributed by atoms with Crippen LogP contribution >= 0.6 is 0 Å². The molecule has 1 atom stereocenters. The average Bonchev–Trinajstić information content (AvgIpc) is 2.65. The third kappa shape index (κ3) is 3.82. The minimum atomic E-state index is -0.368. The summed E-state index contributed by atoms with van der Waals surface area (Å²) in [5, 5.41) is 0.882. The molecular formula is C22H22O3. The molecule has 0 radical (unpaired) electrons. The zero-order valence-corrected chi connectivity index (χ0v) is 14.8. The van der Waals surface area contributed by atoms with Crippen LogP contribution in [0.5, 0.6) is 5.75 Å². The Labute approximate surface area is 147 Å². The van der Waals surface area contributed by atoms with E-state index in [1.165, 1.54) is 11.6 Å². The average molecular weight is 334 g/mol. The van der Waals surface area contributed by atoms with Crippen LogP contribution in [-0.2, 0) is 0 Å². The van der Waals surface area contributed by atoms with E-state index in [9.17, 15) is 4.79 Å². The van der Waals surface area contributed by atoms with Gasteiger partial charge in [0.25, 0.3) is 0 Å². The van der Waals surface area contributed by atoms with Gasteiger partial charge in [0.15, 0.2) is 0 Å². The normalized spacial score (nSPS) is 12.6. The van der Waals surface area contributed by atoms with Crippen molar-refractivity contribution in [2.24, 2.45) is 0 Å². The highest BCUT2D eigenvalue weighted by Crippen LogP contribution is 2.24. The van der Waals surface area contributed by atoms with Gasteiger partial charge >= 0.3 is 5.63 Å². The van der Waals surface area contributed by atoms with Crippen molar-refractivity contribution >= 4 is 23.1 Å². The third-order valence-electron chi connectivity index (χ3n) is 4.56. The molecule has 0 saturated heterocycles. The molecule has 3 heteroatoms. The Balaban J connectivity index is 1.94. The highest BCUT2D eigenvalue weighted by molar-refractivity contribution is 5.89. The van der Waals surface area contributed by atoms with Crippen LogP contribution in [0.4, 0.5) is 0 Å². The van der Waals surface area contributed by atoms with Crippen LogP contribution in [0, 0.1) is 0 Å². The van der Waals surface area contributed by atoms with Crippen molar-refractivity contribution in [3.63, 3.8) is 0 Å². The van der Waals surface area contributed by atoms with Gasteiger partial charge in [-0.05, 0) is 41.2 Å². The first-order valence-electron chi connectivity index (χ1n) is 8.50. The highest BCUT2D eigenvalue weighted by atomic mass is 16.5. The van der Waals surface area contributed by atoms with Gasteiger partial charge < -0.3 is 9.15 Å². The molecule has 1 unspecified atom stereocenters. The lowest BCUT2D eigenvalue weighted by Crippen LogP contribution is -1.98. The molecule has 0 fully saturated rings. The maximum atomic E-state index is 11.8. The van der Waals surface area contributed by atoms with E-state index in [1.807, 2.05) is 24.3 Å². The van der Waals surface area contributed by atoms with Crippen molar-refractivity contribution in [2.45, 2.75) is 26.2 Å². The molecule has 25 heavy (non-hydrogen) atoms. The first-order chi connectivity index (χ1) is 12.1. The van der Waals surface area contributed by atoms with Crippen molar-refractivity contribution < 1.29 is 9.15 Å². The molecule has 128 valence electrons. The van der Waals surface area contributed by atoms with E-state index < -0.39 is 0 Å². The standard InChI is InChI=1S/C22H22O3/c1-4-15(2)17-8-5-16(6-9-17)7-10-18-13-22(23)25-21-14-19(24-3)11-12-20(18)21/h5-15H,4H2,1-3H3. The minimum absolute atomic E-state index is 0.368. The Morgan fingerprint density at radius 1 is 1.08 bits per heavy atom. The van der Waals surface area contributed by atoms with Crippen molar-refractivity contribution in [2.75, 3.05) is 7.11 Å². The summed E-state index contributed by atoms with van der Waals surface area (Å²) in [6.45, 7) is 4.42. The molecule has 0 aliphatic rings. The van der Waals surface area contributed by atoms with Crippen LogP contribution in [0.1, 0.15) is 42.9 Å². The molecule has 1 aromatic heterocycles. The summed E-state index contributed by atoms with van der Waals surface area (Å²) in [4.78, 5) is 11.8.